The molecule has 0 unspecified atom stereocenters. The van der Waals surface area contributed by atoms with Crippen molar-refractivity contribution >= 4 is 11.0 Å². The van der Waals surface area contributed by atoms with Crippen LogP contribution in [0.4, 0.5) is 0 Å². The Kier molecular flexibility index (Phi) is 5.63. The van der Waals surface area contributed by atoms with Crippen LogP contribution < -0.4 is 5.56 Å². The van der Waals surface area contributed by atoms with Crippen molar-refractivity contribution in [1.82, 2.24) is 9.55 Å². The molecule has 0 aliphatic carbocycles. The van der Waals surface area contributed by atoms with Gasteiger partial charge in [-0.3, -0.25) is 4.79 Å². The molecule has 2 rings (SSSR count). The minimum absolute atomic E-state index is 0. The van der Waals surface area contributed by atoms with Crippen molar-refractivity contribution in [3.05, 3.63) is 40.3 Å². The SMILES string of the molecule is CCC[C@@H](O)c1nc2ccccc2n(C)c1=O.[Y]. The second-order valence-electron chi connectivity index (χ2n) is 4.15. The minimum atomic E-state index is -0.775. The summed E-state index contributed by atoms with van der Waals surface area (Å²) in [5.74, 6) is 0. The van der Waals surface area contributed by atoms with Crippen molar-refractivity contribution in [3.63, 3.8) is 0 Å². The third-order valence-corrected chi connectivity index (χ3v) is 2.89. The molecule has 0 aliphatic rings. The summed E-state index contributed by atoms with van der Waals surface area (Å²) in [7, 11) is 1.70. The monoisotopic (exact) mass is 321 g/mol. The zero-order chi connectivity index (χ0) is 12.4. The van der Waals surface area contributed by atoms with E-state index in [-0.39, 0.29) is 44.0 Å². The zero-order valence-electron chi connectivity index (χ0n) is 10.6. The van der Waals surface area contributed by atoms with E-state index in [0.29, 0.717) is 6.42 Å². The van der Waals surface area contributed by atoms with Crippen LogP contribution in [-0.2, 0) is 39.8 Å². The van der Waals surface area contributed by atoms with Crippen molar-refractivity contribution in [2.45, 2.75) is 25.9 Å². The maximum Gasteiger partial charge on any atom is 0.275 e. The van der Waals surface area contributed by atoms with Gasteiger partial charge in [0, 0.05) is 39.8 Å². The van der Waals surface area contributed by atoms with Crippen molar-refractivity contribution in [2.24, 2.45) is 7.05 Å². The van der Waals surface area contributed by atoms with E-state index in [0.717, 1.165) is 17.5 Å². The van der Waals surface area contributed by atoms with E-state index in [1.807, 2.05) is 31.2 Å². The van der Waals surface area contributed by atoms with Crippen LogP contribution in [0.15, 0.2) is 29.1 Å². The van der Waals surface area contributed by atoms with E-state index in [9.17, 15) is 9.90 Å². The van der Waals surface area contributed by atoms with Gasteiger partial charge in [0.1, 0.15) is 11.8 Å². The fourth-order valence-electron chi connectivity index (χ4n) is 1.93. The Balaban J connectivity index is 0.00000162. The number of benzene rings is 1. The molecule has 1 heterocycles. The van der Waals surface area contributed by atoms with Gasteiger partial charge in [0.15, 0.2) is 0 Å². The number of rotatable bonds is 3. The molecule has 1 N–H and O–H groups in total. The van der Waals surface area contributed by atoms with Crippen molar-refractivity contribution < 1.29 is 37.8 Å². The molecule has 2 aromatic rings. The Morgan fingerprint density at radius 3 is 2.72 bits per heavy atom. The molecule has 1 aromatic heterocycles. The van der Waals surface area contributed by atoms with Crippen LogP contribution in [0.1, 0.15) is 31.6 Å². The number of para-hydroxylation sites is 2. The summed E-state index contributed by atoms with van der Waals surface area (Å²) in [6.45, 7) is 1.97. The van der Waals surface area contributed by atoms with E-state index in [4.69, 9.17) is 0 Å². The number of fused-ring (bicyclic) bond motifs is 1. The van der Waals surface area contributed by atoms with Crippen LogP contribution in [0, 0.1) is 0 Å². The summed E-state index contributed by atoms with van der Waals surface area (Å²) in [6.07, 6.45) is 0.600. The number of hydrogen-bond acceptors (Lipinski definition) is 3. The predicted molar refractivity (Wildman–Crippen MR) is 66.9 cm³/mol. The quantitative estimate of drug-likeness (QED) is 0.937. The van der Waals surface area contributed by atoms with Gasteiger partial charge in [-0.05, 0) is 18.6 Å². The molecule has 1 atom stereocenters. The van der Waals surface area contributed by atoms with Crippen LogP contribution in [0.3, 0.4) is 0 Å². The van der Waals surface area contributed by atoms with E-state index < -0.39 is 6.10 Å². The molecule has 1 radical (unpaired) electrons. The van der Waals surface area contributed by atoms with E-state index in [1.165, 1.54) is 4.57 Å². The number of aliphatic hydroxyl groups excluding tert-OH is 1. The van der Waals surface area contributed by atoms with E-state index >= 15 is 0 Å². The molecule has 0 fully saturated rings. The number of nitrogens with zero attached hydrogens (tertiary/aromatic N) is 2. The molecule has 0 saturated carbocycles. The van der Waals surface area contributed by atoms with Crippen LogP contribution in [0.2, 0.25) is 0 Å². The smallest absolute Gasteiger partial charge is 0.275 e. The number of hydrogen-bond donors (Lipinski definition) is 1. The first kappa shape index (κ1) is 15.5. The number of aryl methyl sites for hydroxylation is 1. The molecule has 4 nitrogen and oxygen atoms in total. The average molecular weight is 321 g/mol. The van der Waals surface area contributed by atoms with Gasteiger partial charge in [-0.2, -0.15) is 0 Å². The Labute approximate surface area is 131 Å². The first-order chi connectivity index (χ1) is 8.15. The summed E-state index contributed by atoms with van der Waals surface area (Å²) in [4.78, 5) is 16.3. The molecule has 1 aromatic carbocycles. The number of aliphatic hydroxyl groups is 1. The molecule has 93 valence electrons. The zero-order valence-corrected chi connectivity index (χ0v) is 13.5. The van der Waals surface area contributed by atoms with Crippen LogP contribution in [-0.4, -0.2) is 14.7 Å². The van der Waals surface area contributed by atoms with Gasteiger partial charge in [-0.25, -0.2) is 4.98 Å². The van der Waals surface area contributed by atoms with Crippen molar-refractivity contribution in [1.29, 1.82) is 0 Å². The Hall–Kier alpha value is -0.576. The Bertz CT molecular complexity index is 595. The average Bonchev–Trinajstić information content (AvgIpc) is 2.34. The van der Waals surface area contributed by atoms with Gasteiger partial charge in [0.2, 0.25) is 0 Å². The molecular weight excluding hydrogens is 305 g/mol. The van der Waals surface area contributed by atoms with Crippen molar-refractivity contribution in [2.75, 3.05) is 0 Å². The fourth-order valence-corrected chi connectivity index (χ4v) is 1.93. The second-order valence-corrected chi connectivity index (χ2v) is 4.15. The molecule has 5 heteroatoms. The molecule has 18 heavy (non-hydrogen) atoms. The van der Waals surface area contributed by atoms with Gasteiger partial charge in [-0.1, -0.05) is 25.5 Å². The summed E-state index contributed by atoms with van der Waals surface area (Å²) in [5, 5.41) is 9.91. The van der Waals surface area contributed by atoms with Crippen LogP contribution in [0.5, 0.6) is 0 Å². The van der Waals surface area contributed by atoms with Crippen molar-refractivity contribution in [3.8, 4) is 0 Å². The second kappa shape index (κ2) is 6.55. The molecule has 0 spiro atoms. The predicted octanol–water partition coefficient (Wildman–Crippen LogP) is 1.76. The van der Waals surface area contributed by atoms with Gasteiger partial charge < -0.3 is 9.67 Å². The summed E-state index contributed by atoms with van der Waals surface area (Å²) in [6, 6.07) is 7.43. The Morgan fingerprint density at radius 1 is 1.39 bits per heavy atom. The third kappa shape index (κ3) is 2.87. The number of aromatic nitrogens is 2. The van der Waals surface area contributed by atoms with Gasteiger partial charge in [0.25, 0.3) is 5.56 Å². The summed E-state index contributed by atoms with van der Waals surface area (Å²) < 4.78 is 1.54. The van der Waals surface area contributed by atoms with Crippen LogP contribution >= 0.6 is 0 Å². The third-order valence-electron chi connectivity index (χ3n) is 2.89. The molecule has 0 aliphatic heterocycles. The molecular formula is C13H16N2O2Y. The summed E-state index contributed by atoms with van der Waals surface area (Å²) >= 11 is 0. The van der Waals surface area contributed by atoms with Gasteiger partial charge in [-0.15, -0.1) is 0 Å². The van der Waals surface area contributed by atoms with E-state index in [2.05, 4.69) is 4.98 Å². The van der Waals surface area contributed by atoms with Gasteiger partial charge >= 0.3 is 0 Å². The molecule has 0 amide bonds. The largest absolute Gasteiger partial charge is 0.387 e. The van der Waals surface area contributed by atoms with Gasteiger partial charge in [0.05, 0.1) is 11.0 Å². The normalized spacial score (nSPS) is 12.2. The topological polar surface area (TPSA) is 55.1 Å². The maximum absolute atomic E-state index is 12.0. The minimum Gasteiger partial charge on any atom is -0.387 e. The molecule has 0 saturated heterocycles. The van der Waals surface area contributed by atoms with Crippen LogP contribution in [0.25, 0.3) is 11.0 Å². The molecule has 0 bridgehead atoms. The Morgan fingerprint density at radius 2 is 2.06 bits per heavy atom. The first-order valence-corrected chi connectivity index (χ1v) is 5.79. The maximum atomic E-state index is 12.0. The standard InChI is InChI=1S/C13H16N2O2.Y/c1-3-6-11(16)12-13(17)15(2)10-8-5-4-7-9(10)14-12;/h4-5,7-8,11,16H,3,6H2,1-2H3;/t11-;/m1./s1. The summed E-state index contributed by atoms with van der Waals surface area (Å²) in [5.41, 5.74) is 1.54. The fraction of sp³-hybridized carbons (Fsp3) is 0.385. The first-order valence-electron chi connectivity index (χ1n) is 5.79. The van der Waals surface area contributed by atoms with E-state index in [1.54, 1.807) is 7.05 Å².